The van der Waals surface area contributed by atoms with Gasteiger partial charge in [-0.3, -0.25) is 9.89 Å². The summed E-state index contributed by atoms with van der Waals surface area (Å²) in [6, 6.07) is 11.9. The maximum atomic E-state index is 4.41. The Bertz CT molecular complexity index is 702. The first-order valence-corrected chi connectivity index (χ1v) is 9.59. The monoisotopic (exact) mass is 467 g/mol. The highest BCUT2D eigenvalue weighted by atomic mass is 127. The van der Waals surface area contributed by atoms with Crippen molar-refractivity contribution in [2.75, 3.05) is 20.1 Å². The largest absolute Gasteiger partial charge is 0.357 e. The summed E-state index contributed by atoms with van der Waals surface area (Å²) in [5.74, 6) is 0.900. The zero-order valence-corrected chi connectivity index (χ0v) is 17.8. The van der Waals surface area contributed by atoms with Gasteiger partial charge in [0.25, 0.3) is 0 Å². The second kappa shape index (κ2) is 9.08. The molecular formula is C20H30IN5. The number of H-pyrrole nitrogens is 1. The van der Waals surface area contributed by atoms with E-state index in [0.29, 0.717) is 6.04 Å². The molecule has 2 heterocycles. The van der Waals surface area contributed by atoms with Gasteiger partial charge in [0.15, 0.2) is 5.96 Å². The highest BCUT2D eigenvalue weighted by molar-refractivity contribution is 14.0. The van der Waals surface area contributed by atoms with E-state index in [1.54, 1.807) is 0 Å². The van der Waals surface area contributed by atoms with E-state index in [2.05, 4.69) is 55.8 Å². The molecule has 3 N–H and O–H groups in total. The number of likely N-dealkylation sites (tertiary alicyclic amines) is 1. The lowest BCUT2D eigenvalue weighted by Gasteiger charge is -2.24. The molecule has 0 bridgehead atoms. The number of aliphatic imine (C=N–C) groups is 1. The fourth-order valence-electron chi connectivity index (χ4n) is 4.30. The van der Waals surface area contributed by atoms with Crippen LogP contribution in [0.15, 0.2) is 35.3 Å². The number of fused-ring (bicyclic) bond motifs is 1. The Labute approximate surface area is 173 Å². The molecule has 26 heavy (non-hydrogen) atoms. The average Bonchev–Trinajstić information content (AvgIpc) is 3.38. The minimum Gasteiger partial charge on any atom is -0.357 e. The van der Waals surface area contributed by atoms with Gasteiger partial charge < -0.3 is 15.6 Å². The molecule has 1 saturated carbocycles. The SMILES string of the molecule is CN=C(NCc1cc2ccccc2[nH]1)NC1CCN(C2CCCC2)C1.I. The van der Waals surface area contributed by atoms with Gasteiger partial charge in [-0.1, -0.05) is 31.0 Å². The van der Waals surface area contributed by atoms with Gasteiger partial charge in [0, 0.05) is 43.4 Å². The quantitative estimate of drug-likeness (QED) is 0.367. The molecule has 0 amide bonds. The highest BCUT2D eigenvalue weighted by Gasteiger charge is 2.30. The van der Waals surface area contributed by atoms with E-state index in [1.807, 2.05) is 7.05 Å². The van der Waals surface area contributed by atoms with Crippen molar-refractivity contribution >= 4 is 40.8 Å². The molecule has 0 spiro atoms. The van der Waals surface area contributed by atoms with Crippen LogP contribution in [0.4, 0.5) is 0 Å². The van der Waals surface area contributed by atoms with E-state index in [4.69, 9.17) is 0 Å². The third-order valence-corrected chi connectivity index (χ3v) is 5.66. The molecule has 4 rings (SSSR count). The van der Waals surface area contributed by atoms with E-state index >= 15 is 0 Å². The summed E-state index contributed by atoms with van der Waals surface area (Å²) in [4.78, 5) is 10.5. The van der Waals surface area contributed by atoms with Crippen LogP contribution < -0.4 is 10.6 Å². The van der Waals surface area contributed by atoms with Crippen molar-refractivity contribution in [2.24, 2.45) is 4.99 Å². The Morgan fingerprint density at radius 2 is 2.04 bits per heavy atom. The van der Waals surface area contributed by atoms with E-state index in [1.165, 1.54) is 55.2 Å². The van der Waals surface area contributed by atoms with Gasteiger partial charge in [0.2, 0.25) is 0 Å². The van der Waals surface area contributed by atoms with Crippen LogP contribution in [-0.2, 0) is 6.54 Å². The van der Waals surface area contributed by atoms with Crippen molar-refractivity contribution in [1.82, 2.24) is 20.5 Å². The van der Waals surface area contributed by atoms with Crippen molar-refractivity contribution < 1.29 is 0 Å². The molecule has 1 aromatic carbocycles. The number of para-hydroxylation sites is 1. The molecule has 1 saturated heterocycles. The Kier molecular flexibility index (Phi) is 6.80. The Hall–Kier alpha value is -1.28. The summed E-state index contributed by atoms with van der Waals surface area (Å²) in [5, 5.41) is 8.31. The molecule has 6 heteroatoms. The lowest BCUT2D eigenvalue weighted by Crippen LogP contribution is -2.45. The maximum absolute atomic E-state index is 4.41. The number of nitrogens with zero attached hydrogens (tertiary/aromatic N) is 2. The predicted octanol–water partition coefficient (Wildman–Crippen LogP) is 3.47. The van der Waals surface area contributed by atoms with Crippen LogP contribution in [0.2, 0.25) is 0 Å². The minimum atomic E-state index is 0. The van der Waals surface area contributed by atoms with E-state index in [0.717, 1.165) is 25.1 Å². The predicted molar refractivity (Wildman–Crippen MR) is 119 cm³/mol. The second-order valence-electron chi connectivity index (χ2n) is 7.37. The molecule has 2 fully saturated rings. The molecule has 1 aromatic heterocycles. The van der Waals surface area contributed by atoms with Gasteiger partial charge in [-0.15, -0.1) is 24.0 Å². The van der Waals surface area contributed by atoms with Crippen molar-refractivity contribution in [3.8, 4) is 0 Å². The number of rotatable bonds is 4. The lowest BCUT2D eigenvalue weighted by molar-refractivity contribution is 0.242. The number of hydrogen-bond donors (Lipinski definition) is 3. The molecule has 1 aliphatic heterocycles. The first-order chi connectivity index (χ1) is 12.3. The number of aromatic amines is 1. The Balaban J connectivity index is 0.00000196. The topological polar surface area (TPSA) is 55.5 Å². The second-order valence-corrected chi connectivity index (χ2v) is 7.37. The van der Waals surface area contributed by atoms with Crippen molar-refractivity contribution in [2.45, 2.75) is 50.7 Å². The van der Waals surface area contributed by atoms with Gasteiger partial charge in [-0.2, -0.15) is 0 Å². The number of halogens is 1. The fraction of sp³-hybridized carbons (Fsp3) is 0.550. The molecule has 5 nitrogen and oxygen atoms in total. The molecular weight excluding hydrogens is 437 g/mol. The molecule has 2 aliphatic rings. The third-order valence-electron chi connectivity index (χ3n) is 5.66. The number of hydrogen-bond acceptors (Lipinski definition) is 2. The molecule has 1 unspecified atom stereocenters. The summed E-state index contributed by atoms with van der Waals surface area (Å²) in [7, 11) is 1.85. The van der Waals surface area contributed by atoms with Gasteiger partial charge in [-0.05, 0) is 36.8 Å². The number of nitrogens with one attached hydrogen (secondary N) is 3. The summed E-state index contributed by atoms with van der Waals surface area (Å²) >= 11 is 0. The molecule has 2 aromatic rings. The highest BCUT2D eigenvalue weighted by Crippen LogP contribution is 2.26. The van der Waals surface area contributed by atoms with Crippen molar-refractivity contribution in [1.29, 1.82) is 0 Å². The standard InChI is InChI=1S/C20H29N5.HI/c1-21-20(22-13-17-12-15-6-2-5-9-19(15)23-17)24-16-10-11-25(14-16)18-7-3-4-8-18;/h2,5-6,9,12,16,18,23H,3-4,7-8,10-11,13-14H2,1H3,(H2,21,22,24);1H. The normalized spacial score (nSPS) is 21.9. The van der Waals surface area contributed by atoms with Crippen LogP contribution in [0, 0.1) is 0 Å². The molecule has 0 radical (unpaired) electrons. The van der Waals surface area contributed by atoms with Gasteiger partial charge in [0.05, 0.1) is 6.54 Å². The lowest BCUT2D eigenvalue weighted by atomic mass is 10.2. The zero-order chi connectivity index (χ0) is 17.1. The first-order valence-electron chi connectivity index (χ1n) is 9.59. The minimum absolute atomic E-state index is 0. The zero-order valence-electron chi connectivity index (χ0n) is 15.5. The van der Waals surface area contributed by atoms with E-state index < -0.39 is 0 Å². The average molecular weight is 467 g/mol. The van der Waals surface area contributed by atoms with Crippen molar-refractivity contribution in [3.05, 3.63) is 36.0 Å². The first kappa shape index (κ1) is 19.5. The molecule has 142 valence electrons. The Morgan fingerprint density at radius 1 is 1.23 bits per heavy atom. The number of aromatic nitrogens is 1. The van der Waals surface area contributed by atoms with Crippen LogP contribution in [0.25, 0.3) is 10.9 Å². The third kappa shape index (κ3) is 4.52. The van der Waals surface area contributed by atoms with Crippen LogP contribution in [0.1, 0.15) is 37.8 Å². The van der Waals surface area contributed by atoms with Crippen LogP contribution in [0.5, 0.6) is 0 Å². The Morgan fingerprint density at radius 3 is 2.81 bits per heavy atom. The maximum Gasteiger partial charge on any atom is 0.191 e. The number of guanidine groups is 1. The molecule has 1 atom stereocenters. The van der Waals surface area contributed by atoms with Gasteiger partial charge >= 0.3 is 0 Å². The summed E-state index contributed by atoms with van der Waals surface area (Å²) in [5.41, 5.74) is 2.37. The van der Waals surface area contributed by atoms with Gasteiger partial charge in [0.1, 0.15) is 0 Å². The smallest absolute Gasteiger partial charge is 0.191 e. The van der Waals surface area contributed by atoms with Crippen LogP contribution >= 0.6 is 24.0 Å². The summed E-state index contributed by atoms with van der Waals surface area (Å²) in [6.45, 7) is 3.13. The van der Waals surface area contributed by atoms with Gasteiger partial charge in [-0.25, -0.2) is 0 Å². The fourth-order valence-corrected chi connectivity index (χ4v) is 4.30. The van der Waals surface area contributed by atoms with Crippen LogP contribution in [-0.4, -0.2) is 48.1 Å². The van der Waals surface area contributed by atoms with E-state index in [-0.39, 0.29) is 24.0 Å². The van der Waals surface area contributed by atoms with E-state index in [9.17, 15) is 0 Å². The summed E-state index contributed by atoms with van der Waals surface area (Å²) in [6.07, 6.45) is 6.81. The van der Waals surface area contributed by atoms with Crippen LogP contribution in [0.3, 0.4) is 0 Å². The number of benzene rings is 1. The van der Waals surface area contributed by atoms with Crippen molar-refractivity contribution in [3.63, 3.8) is 0 Å². The summed E-state index contributed by atoms with van der Waals surface area (Å²) < 4.78 is 0. The molecule has 1 aliphatic carbocycles.